The SMILES string of the molecule is CC(=O)OCC1CN=C(c2cccc(Cl)c2)O1. The van der Waals surface area contributed by atoms with Gasteiger partial charge in [-0.3, -0.25) is 4.79 Å². The van der Waals surface area contributed by atoms with Crippen LogP contribution in [-0.2, 0) is 14.3 Å². The molecular formula is C12H12ClNO3. The highest BCUT2D eigenvalue weighted by Crippen LogP contribution is 2.16. The van der Waals surface area contributed by atoms with Gasteiger partial charge in [-0.05, 0) is 18.2 Å². The molecular weight excluding hydrogens is 242 g/mol. The average molecular weight is 254 g/mol. The van der Waals surface area contributed by atoms with Gasteiger partial charge in [-0.1, -0.05) is 17.7 Å². The van der Waals surface area contributed by atoms with E-state index in [0.717, 1.165) is 5.56 Å². The third kappa shape index (κ3) is 3.20. The van der Waals surface area contributed by atoms with E-state index in [4.69, 9.17) is 21.1 Å². The summed E-state index contributed by atoms with van der Waals surface area (Å²) >= 11 is 5.88. The van der Waals surface area contributed by atoms with Gasteiger partial charge >= 0.3 is 5.97 Å². The predicted molar refractivity (Wildman–Crippen MR) is 64.4 cm³/mol. The number of carbonyl (C=O) groups is 1. The molecule has 90 valence electrons. The monoisotopic (exact) mass is 253 g/mol. The minimum Gasteiger partial charge on any atom is -0.469 e. The topological polar surface area (TPSA) is 47.9 Å². The van der Waals surface area contributed by atoms with Gasteiger partial charge in [0.1, 0.15) is 6.61 Å². The number of rotatable bonds is 3. The Morgan fingerprint density at radius 3 is 3.18 bits per heavy atom. The molecule has 4 nitrogen and oxygen atoms in total. The van der Waals surface area contributed by atoms with Crippen LogP contribution in [-0.4, -0.2) is 31.1 Å². The summed E-state index contributed by atoms with van der Waals surface area (Å²) < 4.78 is 10.4. The minimum atomic E-state index is -0.315. The maximum atomic E-state index is 10.7. The van der Waals surface area contributed by atoms with Crippen LogP contribution in [0, 0.1) is 0 Å². The zero-order valence-electron chi connectivity index (χ0n) is 9.35. The summed E-state index contributed by atoms with van der Waals surface area (Å²) in [5.41, 5.74) is 0.836. The number of carbonyl (C=O) groups excluding carboxylic acids is 1. The molecule has 0 saturated carbocycles. The fraction of sp³-hybridized carbons (Fsp3) is 0.333. The molecule has 0 N–H and O–H groups in total. The van der Waals surface area contributed by atoms with Gasteiger partial charge in [-0.25, -0.2) is 4.99 Å². The predicted octanol–water partition coefficient (Wildman–Crippen LogP) is 2.05. The molecule has 0 amide bonds. The second kappa shape index (κ2) is 5.19. The van der Waals surface area contributed by atoms with Crippen molar-refractivity contribution in [2.75, 3.05) is 13.2 Å². The lowest BCUT2D eigenvalue weighted by Crippen LogP contribution is -2.21. The fourth-order valence-corrected chi connectivity index (χ4v) is 1.69. The van der Waals surface area contributed by atoms with Gasteiger partial charge in [0.05, 0.1) is 6.54 Å². The normalized spacial score (nSPS) is 18.5. The second-order valence-electron chi connectivity index (χ2n) is 3.70. The van der Waals surface area contributed by atoms with E-state index in [2.05, 4.69) is 4.99 Å². The number of benzene rings is 1. The van der Waals surface area contributed by atoms with Crippen LogP contribution in [0.25, 0.3) is 0 Å². The Hall–Kier alpha value is -1.55. The Bertz CT molecular complexity index is 459. The summed E-state index contributed by atoms with van der Waals surface area (Å²) in [6.45, 7) is 2.09. The molecule has 1 unspecified atom stereocenters. The smallest absolute Gasteiger partial charge is 0.302 e. The molecule has 1 aromatic carbocycles. The molecule has 0 radical (unpaired) electrons. The van der Waals surface area contributed by atoms with Crippen LogP contribution in [0.5, 0.6) is 0 Å². The van der Waals surface area contributed by atoms with Crippen LogP contribution in [0.4, 0.5) is 0 Å². The highest BCUT2D eigenvalue weighted by atomic mass is 35.5. The van der Waals surface area contributed by atoms with E-state index in [1.165, 1.54) is 6.92 Å². The summed E-state index contributed by atoms with van der Waals surface area (Å²) in [5, 5.41) is 0.636. The third-order valence-corrected chi connectivity index (χ3v) is 2.50. The standard InChI is InChI=1S/C12H12ClNO3/c1-8(15)16-7-11-6-14-12(17-11)9-3-2-4-10(13)5-9/h2-5,11H,6-7H2,1H3. The first-order chi connectivity index (χ1) is 8.15. The van der Waals surface area contributed by atoms with Crippen molar-refractivity contribution in [1.29, 1.82) is 0 Å². The van der Waals surface area contributed by atoms with Crippen LogP contribution < -0.4 is 0 Å². The number of nitrogens with zero attached hydrogens (tertiary/aromatic N) is 1. The molecule has 0 saturated heterocycles. The van der Waals surface area contributed by atoms with Crippen molar-refractivity contribution < 1.29 is 14.3 Å². The molecule has 17 heavy (non-hydrogen) atoms. The number of esters is 1. The van der Waals surface area contributed by atoms with Crippen LogP contribution >= 0.6 is 11.6 Å². The minimum absolute atomic E-state index is 0.201. The van der Waals surface area contributed by atoms with E-state index in [1.807, 2.05) is 12.1 Å². The highest BCUT2D eigenvalue weighted by Gasteiger charge is 2.22. The molecule has 0 spiro atoms. The van der Waals surface area contributed by atoms with Crippen molar-refractivity contribution in [3.63, 3.8) is 0 Å². The Balaban J connectivity index is 1.95. The Morgan fingerprint density at radius 1 is 1.65 bits per heavy atom. The van der Waals surface area contributed by atoms with Gasteiger partial charge in [0.15, 0.2) is 6.10 Å². The summed E-state index contributed by atoms with van der Waals surface area (Å²) in [7, 11) is 0. The third-order valence-electron chi connectivity index (χ3n) is 2.26. The molecule has 1 heterocycles. The van der Waals surface area contributed by atoms with Crippen molar-refractivity contribution in [2.45, 2.75) is 13.0 Å². The fourth-order valence-electron chi connectivity index (χ4n) is 1.49. The Morgan fingerprint density at radius 2 is 2.47 bits per heavy atom. The summed E-state index contributed by atoms with van der Waals surface area (Å²) in [4.78, 5) is 14.9. The van der Waals surface area contributed by atoms with Gasteiger partial charge in [-0.15, -0.1) is 0 Å². The summed E-state index contributed by atoms with van der Waals surface area (Å²) in [5.74, 6) is 0.231. The van der Waals surface area contributed by atoms with E-state index < -0.39 is 0 Å². The quantitative estimate of drug-likeness (QED) is 0.775. The molecule has 0 bridgehead atoms. The van der Waals surface area contributed by atoms with E-state index in [-0.39, 0.29) is 18.7 Å². The van der Waals surface area contributed by atoms with Crippen molar-refractivity contribution in [1.82, 2.24) is 0 Å². The van der Waals surface area contributed by atoms with Gasteiger partial charge in [0.2, 0.25) is 5.90 Å². The van der Waals surface area contributed by atoms with Gasteiger partial charge in [0.25, 0.3) is 0 Å². The van der Waals surface area contributed by atoms with Gasteiger partial charge in [0, 0.05) is 17.5 Å². The first-order valence-corrected chi connectivity index (χ1v) is 5.63. The molecule has 1 aromatic rings. The molecule has 1 aliphatic heterocycles. The first-order valence-electron chi connectivity index (χ1n) is 5.25. The molecule has 1 aliphatic rings. The number of aliphatic imine (C=N–C) groups is 1. The second-order valence-corrected chi connectivity index (χ2v) is 4.14. The first kappa shape index (κ1) is 11.9. The van der Waals surface area contributed by atoms with Crippen molar-refractivity contribution in [3.8, 4) is 0 Å². The summed E-state index contributed by atoms with van der Waals surface area (Å²) in [6.07, 6.45) is -0.201. The lowest BCUT2D eigenvalue weighted by molar-refractivity contribution is -0.143. The molecule has 0 aromatic heterocycles. The van der Waals surface area contributed by atoms with Crippen molar-refractivity contribution in [3.05, 3.63) is 34.9 Å². The van der Waals surface area contributed by atoms with Crippen molar-refractivity contribution >= 4 is 23.5 Å². The maximum Gasteiger partial charge on any atom is 0.302 e. The number of hydrogen-bond donors (Lipinski definition) is 0. The van der Waals surface area contributed by atoms with Gasteiger partial charge in [-0.2, -0.15) is 0 Å². The molecule has 1 atom stereocenters. The van der Waals surface area contributed by atoms with E-state index in [1.54, 1.807) is 12.1 Å². The molecule has 5 heteroatoms. The molecule has 0 fully saturated rings. The van der Waals surface area contributed by atoms with Crippen LogP contribution in [0.2, 0.25) is 5.02 Å². The average Bonchev–Trinajstić information content (AvgIpc) is 2.75. The Kier molecular flexibility index (Phi) is 3.64. The number of hydrogen-bond acceptors (Lipinski definition) is 4. The van der Waals surface area contributed by atoms with E-state index >= 15 is 0 Å². The van der Waals surface area contributed by atoms with Crippen LogP contribution in [0.1, 0.15) is 12.5 Å². The number of ether oxygens (including phenoxy) is 2. The maximum absolute atomic E-state index is 10.7. The number of halogens is 1. The van der Waals surface area contributed by atoms with Crippen molar-refractivity contribution in [2.24, 2.45) is 4.99 Å². The van der Waals surface area contributed by atoms with E-state index in [9.17, 15) is 4.79 Å². The van der Waals surface area contributed by atoms with E-state index in [0.29, 0.717) is 17.5 Å². The lowest BCUT2D eigenvalue weighted by Gasteiger charge is -2.10. The molecule has 0 aliphatic carbocycles. The highest BCUT2D eigenvalue weighted by molar-refractivity contribution is 6.30. The van der Waals surface area contributed by atoms with Crippen LogP contribution in [0.3, 0.4) is 0 Å². The lowest BCUT2D eigenvalue weighted by atomic mass is 10.2. The molecule has 2 rings (SSSR count). The zero-order valence-corrected chi connectivity index (χ0v) is 10.1. The van der Waals surface area contributed by atoms with Gasteiger partial charge < -0.3 is 9.47 Å². The zero-order chi connectivity index (χ0) is 12.3. The Labute approximate surface area is 104 Å². The van der Waals surface area contributed by atoms with Crippen LogP contribution in [0.15, 0.2) is 29.3 Å². The largest absolute Gasteiger partial charge is 0.469 e. The summed E-state index contributed by atoms with van der Waals surface area (Å²) in [6, 6.07) is 7.29.